The molecule has 0 aromatic heterocycles. The van der Waals surface area contributed by atoms with Crippen LogP contribution >= 0.6 is 0 Å². The predicted molar refractivity (Wildman–Crippen MR) is 61.0 cm³/mol. The lowest BCUT2D eigenvalue weighted by Gasteiger charge is -2.15. The molecule has 0 aromatic rings. The Bertz CT molecular complexity index is 223. The summed E-state index contributed by atoms with van der Waals surface area (Å²) < 4.78 is 4.81. The number of ether oxygens (including phenoxy) is 1. The van der Waals surface area contributed by atoms with Gasteiger partial charge in [-0.25, -0.2) is 0 Å². The van der Waals surface area contributed by atoms with E-state index in [1.807, 2.05) is 0 Å². The van der Waals surface area contributed by atoms with Gasteiger partial charge in [0.2, 0.25) is 5.91 Å². The maximum Gasteiger partial charge on any atom is 0.224 e. The molecule has 16 heavy (non-hydrogen) atoms. The number of hydrogen-bond donors (Lipinski definition) is 3. The Morgan fingerprint density at radius 2 is 2.38 bits per heavy atom. The van der Waals surface area contributed by atoms with Gasteiger partial charge in [0, 0.05) is 20.2 Å². The minimum Gasteiger partial charge on any atom is -0.391 e. The van der Waals surface area contributed by atoms with E-state index in [-0.39, 0.29) is 11.8 Å². The summed E-state index contributed by atoms with van der Waals surface area (Å²) in [5.41, 5.74) is 0. The molecular formula is C11H22N2O3. The van der Waals surface area contributed by atoms with Crippen molar-refractivity contribution in [1.82, 2.24) is 10.6 Å². The van der Waals surface area contributed by atoms with Crippen LogP contribution in [-0.2, 0) is 9.53 Å². The van der Waals surface area contributed by atoms with E-state index in [2.05, 4.69) is 17.6 Å². The van der Waals surface area contributed by atoms with E-state index in [0.29, 0.717) is 25.5 Å². The molecule has 1 fully saturated rings. The average Bonchev–Trinajstić information content (AvgIpc) is 2.64. The molecule has 5 nitrogen and oxygen atoms in total. The Hall–Kier alpha value is -0.650. The van der Waals surface area contributed by atoms with Gasteiger partial charge in [0.15, 0.2) is 0 Å². The molecule has 0 spiro atoms. The SMILES string of the molecule is COCC(O)CCNC(=O)C1CNCC1C. The summed E-state index contributed by atoms with van der Waals surface area (Å²) in [5.74, 6) is 0.547. The molecule has 1 aliphatic heterocycles. The highest BCUT2D eigenvalue weighted by Crippen LogP contribution is 2.15. The Balaban J connectivity index is 2.15. The highest BCUT2D eigenvalue weighted by Gasteiger charge is 2.29. The third-order valence-corrected chi connectivity index (χ3v) is 2.99. The summed E-state index contributed by atoms with van der Waals surface area (Å²) in [5, 5.41) is 15.4. The molecule has 0 radical (unpaired) electrons. The first-order valence-electron chi connectivity index (χ1n) is 5.80. The average molecular weight is 230 g/mol. The Labute approximate surface area is 96.6 Å². The zero-order chi connectivity index (χ0) is 12.0. The monoisotopic (exact) mass is 230 g/mol. The maximum atomic E-state index is 11.7. The van der Waals surface area contributed by atoms with E-state index in [9.17, 15) is 9.90 Å². The lowest BCUT2D eigenvalue weighted by Crippen LogP contribution is -2.36. The van der Waals surface area contributed by atoms with Crippen molar-refractivity contribution in [2.45, 2.75) is 19.4 Å². The van der Waals surface area contributed by atoms with Gasteiger partial charge in [-0.15, -0.1) is 0 Å². The van der Waals surface area contributed by atoms with E-state index < -0.39 is 6.10 Å². The van der Waals surface area contributed by atoms with Gasteiger partial charge in [-0.3, -0.25) is 4.79 Å². The minimum absolute atomic E-state index is 0.0690. The molecule has 5 heteroatoms. The summed E-state index contributed by atoms with van der Waals surface area (Å²) in [6.45, 7) is 4.56. The number of methoxy groups -OCH3 is 1. The summed E-state index contributed by atoms with van der Waals surface area (Å²) in [6, 6.07) is 0. The zero-order valence-corrected chi connectivity index (χ0v) is 10.0. The number of hydrogen-bond acceptors (Lipinski definition) is 4. The summed E-state index contributed by atoms with van der Waals surface area (Å²) in [6.07, 6.45) is 0.0399. The van der Waals surface area contributed by atoms with Crippen LogP contribution in [0.3, 0.4) is 0 Å². The number of aliphatic hydroxyl groups excluding tert-OH is 1. The molecule has 1 saturated heterocycles. The second kappa shape index (κ2) is 6.83. The highest BCUT2D eigenvalue weighted by molar-refractivity contribution is 5.79. The van der Waals surface area contributed by atoms with Crippen LogP contribution in [0.4, 0.5) is 0 Å². The topological polar surface area (TPSA) is 70.6 Å². The van der Waals surface area contributed by atoms with Crippen LogP contribution in [0.1, 0.15) is 13.3 Å². The molecule has 94 valence electrons. The van der Waals surface area contributed by atoms with Crippen LogP contribution in [0.2, 0.25) is 0 Å². The number of carbonyl (C=O) groups is 1. The molecular weight excluding hydrogens is 208 g/mol. The Kier molecular flexibility index (Phi) is 5.73. The second-order valence-electron chi connectivity index (χ2n) is 4.43. The van der Waals surface area contributed by atoms with Gasteiger partial charge < -0.3 is 20.5 Å². The third kappa shape index (κ3) is 4.08. The van der Waals surface area contributed by atoms with Gasteiger partial charge in [0.25, 0.3) is 0 Å². The fourth-order valence-electron chi connectivity index (χ4n) is 1.93. The van der Waals surface area contributed by atoms with Gasteiger partial charge in [0.1, 0.15) is 0 Å². The van der Waals surface area contributed by atoms with Crippen molar-refractivity contribution in [3.8, 4) is 0 Å². The fraction of sp³-hybridized carbons (Fsp3) is 0.909. The van der Waals surface area contributed by atoms with Gasteiger partial charge in [-0.05, 0) is 18.9 Å². The van der Waals surface area contributed by atoms with Crippen molar-refractivity contribution in [3.63, 3.8) is 0 Å². The molecule has 0 saturated carbocycles. The van der Waals surface area contributed by atoms with Crippen LogP contribution in [0.5, 0.6) is 0 Å². The third-order valence-electron chi connectivity index (χ3n) is 2.99. The summed E-state index contributed by atoms with van der Waals surface area (Å²) in [7, 11) is 1.55. The Morgan fingerprint density at radius 3 is 2.94 bits per heavy atom. The molecule has 1 heterocycles. The molecule has 0 aromatic carbocycles. The molecule has 3 N–H and O–H groups in total. The lowest BCUT2D eigenvalue weighted by molar-refractivity contribution is -0.125. The van der Waals surface area contributed by atoms with Crippen molar-refractivity contribution < 1.29 is 14.6 Å². The Morgan fingerprint density at radius 1 is 1.62 bits per heavy atom. The van der Waals surface area contributed by atoms with Crippen molar-refractivity contribution in [1.29, 1.82) is 0 Å². The van der Waals surface area contributed by atoms with E-state index in [0.717, 1.165) is 13.1 Å². The zero-order valence-electron chi connectivity index (χ0n) is 10.0. The standard InChI is InChI=1S/C11H22N2O3/c1-8-5-12-6-10(8)11(15)13-4-3-9(14)7-16-2/h8-10,12,14H,3-7H2,1-2H3,(H,13,15). The molecule has 0 aliphatic carbocycles. The first kappa shape index (κ1) is 13.4. The quantitative estimate of drug-likeness (QED) is 0.567. The highest BCUT2D eigenvalue weighted by atomic mass is 16.5. The van der Waals surface area contributed by atoms with Crippen LogP contribution in [-0.4, -0.2) is 50.5 Å². The van der Waals surface area contributed by atoms with E-state index in [1.165, 1.54) is 0 Å². The van der Waals surface area contributed by atoms with Crippen molar-refractivity contribution in [2.24, 2.45) is 11.8 Å². The molecule has 1 amide bonds. The molecule has 1 aliphatic rings. The summed E-state index contributed by atoms with van der Waals surface area (Å²) in [4.78, 5) is 11.7. The second-order valence-corrected chi connectivity index (χ2v) is 4.43. The number of aliphatic hydroxyl groups is 1. The van der Waals surface area contributed by atoms with Crippen LogP contribution < -0.4 is 10.6 Å². The van der Waals surface area contributed by atoms with E-state index in [1.54, 1.807) is 7.11 Å². The van der Waals surface area contributed by atoms with E-state index >= 15 is 0 Å². The number of carbonyl (C=O) groups excluding carboxylic acids is 1. The van der Waals surface area contributed by atoms with Gasteiger partial charge in [0.05, 0.1) is 18.6 Å². The van der Waals surface area contributed by atoms with Gasteiger partial charge in [-0.2, -0.15) is 0 Å². The molecule has 0 bridgehead atoms. The smallest absolute Gasteiger partial charge is 0.224 e. The van der Waals surface area contributed by atoms with Crippen LogP contribution in [0, 0.1) is 11.8 Å². The fourth-order valence-corrected chi connectivity index (χ4v) is 1.93. The van der Waals surface area contributed by atoms with Crippen LogP contribution in [0.15, 0.2) is 0 Å². The largest absolute Gasteiger partial charge is 0.391 e. The first-order chi connectivity index (χ1) is 7.65. The number of rotatable bonds is 6. The predicted octanol–water partition coefficient (Wildman–Crippen LogP) is -0.644. The van der Waals surface area contributed by atoms with Crippen molar-refractivity contribution in [2.75, 3.05) is 33.4 Å². The molecule has 3 unspecified atom stereocenters. The minimum atomic E-state index is -0.496. The lowest BCUT2D eigenvalue weighted by atomic mass is 9.97. The molecule has 3 atom stereocenters. The van der Waals surface area contributed by atoms with Crippen LogP contribution in [0.25, 0.3) is 0 Å². The maximum absolute atomic E-state index is 11.7. The molecule has 1 rings (SSSR count). The van der Waals surface area contributed by atoms with Gasteiger partial charge in [-0.1, -0.05) is 6.92 Å². The van der Waals surface area contributed by atoms with Crippen molar-refractivity contribution >= 4 is 5.91 Å². The summed E-state index contributed by atoms with van der Waals surface area (Å²) >= 11 is 0. The normalized spacial score (nSPS) is 26.7. The number of amides is 1. The first-order valence-corrected chi connectivity index (χ1v) is 5.80. The van der Waals surface area contributed by atoms with Crippen molar-refractivity contribution in [3.05, 3.63) is 0 Å². The van der Waals surface area contributed by atoms with E-state index in [4.69, 9.17) is 4.74 Å². The number of nitrogens with one attached hydrogen (secondary N) is 2. The van der Waals surface area contributed by atoms with Gasteiger partial charge >= 0.3 is 0 Å².